The van der Waals surface area contributed by atoms with Crippen LogP contribution in [0.25, 0.3) is 0 Å². The maximum absolute atomic E-state index is 11.7. The third kappa shape index (κ3) is 1.97. The van der Waals surface area contributed by atoms with Crippen molar-refractivity contribution in [3.63, 3.8) is 0 Å². The number of amidine groups is 1. The fourth-order valence-corrected chi connectivity index (χ4v) is 2.87. The molecule has 0 radical (unpaired) electrons. The van der Waals surface area contributed by atoms with E-state index in [4.69, 9.17) is 11.6 Å². The van der Waals surface area contributed by atoms with Gasteiger partial charge in [-0.15, -0.1) is 0 Å². The van der Waals surface area contributed by atoms with Crippen molar-refractivity contribution >= 4 is 23.3 Å². The van der Waals surface area contributed by atoms with E-state index >= 15 is 0 Å². The van der Waals surface area contributed by atoms with E-state index in [1.54, 1.807) is 24.5 Å². The van der Waals surface area contributed by atoms with Gasteiger partial charge in [0.2, 0.25) is 5.91 Å². The zero-order valence-electron chi connectivity index (χ0n) is 11.0. The lowest BCUT2D eigenvalue weighted by Gasteiger charge is -2.27. The van der Waals surface area contributed by atoms with Gasteiger partial charge in [0.25, 0.3) is 0 Å². The van der Waals surface area contributed by atoms with Crippen molar-refractivity contribution in [2.24, 2.45) is 4.99 Å². The van der Waals surface area contributed by atoms with Crippen LogP contribution in [-0.2, 0) is 4.79 Å². The standard InChI is InChI=1S/C15H11ClN4O/c16-12-3-1-10(8-17-12)15-18-7-9-2-4-13(21)19-11-5-6-20(15)14(9)11/h1-4,7-8H,5-6H2,(H,19,21). The number of hydrogen-bond acceptors (Lipinski definition) is 4. The predicted octanol–water partition coefficient (Wildman–Crippen LogP) is 1.98. The molecule has 1 N–H and O–H groups in total. The first-order valence-corrected chi connectivity index (χ1v) is 7.00. The molecule has 1 amide bonds. The number of allylic oxidation sites excluding steroid dienone is 1. The lowest BCUT2D eigenvalue weighted by molar-refractivity contribution is -0.115. The molecule has 0 bridgehead atoms. The summed E-state index contributed by atoms with van der Waals surface area (Å²) in [5.41, 5.74) is 3.83. The fourth-order valence-electron chi connectivity index (χ4n) is 2.76. The highest BCUT2D eigenvalue weighted by Gasteiger charge is 2.32. The lowest BCUT2D eigenvalue weighted by Crippen LogP contribution is -2.31. The van der Waals surface area contributed by atoms with Gasteiger partial charge in [-0.25, -0.2) is 9.98 Å². The number of nitrogens with zero attached hydrogens (tertiary/aromatic N) is 3. The molecule has 0 saturated heterocycles. The fraction of sp³-hybridized carbons (Fsp3) is 0.133. The molecule has 0 saturated carbocycles. The molecule has 4 rings (SSSR count). The number of nitrogens with one attached hydrogen (secondary N) is 1. The van der Waals surface area contributed by atoms with E-state index in [0.717, 1.165) is 41.3 Å². The van der Waals surface area contributed by atoms with Gasteiger partial charge in [-0.1, -0.05) is 11.6 Å². The van der Waals surface area contributed by atoms with Gasteiger partial charge < -0.3 is 10.2 Å². The zero-order valence-corrected chi connectivity index (χ0v) is 11.8. The van der Waals surface area contributed by atoms with E-state index in [1.807, 2.05) is 6.07 Å². The Labute approximate surface area is 126 Å². The van der Waals surface area contributed by atoms with Gasteiger partial charge in [-0.3, -0.25) is 4.79 Å². The molecule has 0 fully saturated rings. The summed E-state index contributed by atoms with van der Waals surface area (Å²) in [6.07, 6.45) is 7.63. The number of amides is 1. The Hall–Kier alpha value is -2.40. The quantitative estimate of drug-likeness (QED) is 0.807. The van der Waals surface area contributed by atoms with E-state index in [2.05, 4.69) is 20.2 Å². The Morgan fingerprint density at radius 3 is 3.00 bits per heavy atom. The molecule has 1 aromatic rings. The van der Waals surface area contributed by atoms with Crippen molar-refractivity contribution in [1.82, 2.24) is 15.2 Å². The first kappa shape index (κ1) is 12.3. The maximum atomic E-state index is 11.7. The summed E-state index contributed by atoms with van der Waals surface area (Å²) in [7, 11) is 0. The zero-order chi connectivity index (χ0) is 14.4. The molecule has 6 heteroatoms. The van der Waals surface area contributed by atoms with Gasteiger partial charge in [0, 0.05) is 48.3 Å². The van der Waals surface area contributed by atoms with Gasteiger partial charge in [0.05, 0.1) is 5.70 Å². The monoisotopic (exact) mass is 298 g/mol. The molecule has 3 aliphatic heterocycles. The number of aliphatic imine (C=N–C) groups is 1. The van der Waals surface area contributed by atoms with Gasteiger partial charge in [-0.2, -0.15) is 0 Å². The topological polar surface area (TPSA) is 57.6 Å². The molecular weight excluding hydrogens is 288 g/mol. The van der Waals surface area contributed by atoms with Crippen molar-refractivity contribution in [2.45, 2.75) is 6.42 Å². The summed E-state index contributed by atoms with van der Waals surface area (Å²) in [4.78, 5) is 22.4. The summed E-state index contributed by atoms with van der Waals surface area (Å²) in [5.74, 6) is 0.738. The average molecular weight is 299 g/mol. The number of pyridine rings is 1. The predicted molar refractivity (Wildman–Crippen MR) is 79.5 cm³/mol. The smallest absolute Gasteiger partial charge is 0.248 e. The Kier molecular flexibility index (Phi) is 2.68. The van der Waals surface area contributed by atoms with Gasteiger partial charge >= 0.3 is 0 Å². The van der Waals surface area contributed by atoms with Crippen LogP contribution in [0.5, 0.6) is 0 Å². The highest BCUT2D eigenvalue weighted by Crippen LogP contribution is 2.34. The molecule has 0 atom stereocenters. The second-order valence-electron chi connectivity index (χ2n) is 4.96. The number of carbonyl (C=O) groups excluding carboxylic acids is 1. The SMILES string of the molecule is O=C1C=CC2=CN=C(c3ccc(Cl)nc3)N3CCC(=C23)N1. The summed E-state index contributed by atoms with van der Waals surface area (Å²) in [6.45, 7) is 0.789. The highest BCUT2D eigenvalue weighted by atomic mass is 35.5. The second-order valence-corrected chi connectivity index (χ2v) is 5.35. The minimum Gasteiger partial charge on any atom is -0.324 e. The van der Waals surface area contributed by atoms with E-state index in [-0.39, 0.29) is 5.91 Å². The van der Waals surface area contributed by atoms with Crippen LogP contribution in [0.4, 0.5) is 0 Å². The Bertz CT molecular complexity index is 758. The molecule has 3 aliphatic rings. The van der Waals surface area contributed by atoms with Gasteiger partial charge in [0.1, 0.15) is 11.0 Å². The van der Waals surface area contributed by atoms with Crippen LogP contribution in [0.3, 0.4) is 0 Å². The van der Waals surface area contributed by atoms with Crippen LogP contribution in [0, 0.1) is 0 Å². The van der Waals surface area contributed by atoms with Crippen LogP contribution in [0.2, 0.25) is 5.15 Å². The molecule has 0 unspecified atom stereocenters. The molecule has 21 heavy (non-hydrogen) atoms. The van der Waals surface area contributed by atoms with Crippen LogP contribution >= 0.6 is 11.6 Å². The van der Waals surface area contributed by atoms with Crippen LogP contribution in [-0.4, -0.2) is 28.2 Å². The summed E-state index contributed by atoms with van der Waals surface area (Å²) in [6, 6.07) is 3.65. The van der Waals surface area contributed by atoms with Crippen LogP contribution in [0.1, 0.15) is 12.0 Å². The first-order chi connectivity index (χ1) is 10.2. The van der Waals surface area contributed by atoms with Crippen molar-refractivity contribution < 1.29 is 4.79 Å². The summed E-state index contributed by atoms with van der Waals surface area (Å²) < 4.78 is 0. The molecule has 4 heterocycles. The van der Waals surface area contributed by atoms with Crippen molar-refractivity contribution in [1.29, 1.82) is 0 Å². The molecule has 0 aromatic carbocycles. The third-order valence-electron chi connectivity index (χ3n) is 3.67. The number of hydrogen-bond donors (Lipinski definition) is 1. The van der Waals surface area contributed by atoms with Crippen LogP contribution in [0.15, 0.2) is 58.6 Å². The average Bonchev–Trinajstić information content (AvgIpc) is 2.82. The van der Waals surface area contributed by atoms with E-state index in [0.29, 0.717) is 5.15 Å². The summed E-state index contributed by atoms with van der Waals surface area (Å²) >= 11 is 5.83. The first-order valence-electron chi connectivity index (χ1n) is 6.62. The number of halogens is 1. The second kappa shape index (κ2) is 4.56. The largest absolute Gasteiger partial charge is 0.324 e. The Morgan fingerprint density at radius 2 is 2.19 bits per heavy atom. The maximum Gasteiger partial charge on any atom is 0.248 e. The molecule has 0 spiro atoms. The van der Waals surface area contributed by atoms with Gasteiger partial charge in [-0.05, 0) is 18.2 Å². The van der Waals surface area contributed by atoms with Crippen molar-refractivity contribution in [3.8, 4) is 0 Å². The van der Waals surface area contributed by atoms with Crippen LogP contribution < -0.4 is 5.32 Å². The Balaban J connectivity index is 1.82. The number of carbonyl (C=O) groups is 1. The minimum atomic E-state index is -0.0932. The van der Waals surface area contributed by atoms with Crippen molar-refractivity contribution in [3.05, 3.63) is 64.4 Å². The molecule has 104 valence electrons. The minimum absolute atomic E-state index is 0.0932. The molecule has 1 aromatic heterocycles. The van der Waals surface area contributed by atoms with E-state index in [1.165, 1.54) is 6.08 Å². The van der Waals surface area contributed by atoms with E-state index in [9.17, 15) is 4.79 Å². The number of aromatic nitrogens is 1. The Morgan fingerprint density at radius 1 is 1.29 bits per heavy atom. The molecule has 0 aliphatic carbocycles. The van der Waals surface area contributed by atoms with E-state index < -0.39 is 0 Å². The molecule has 5 nitrogen and oxygen atoms in total. The van der Waals surface area contributed by atoms with Crippen molar-refractivity contribution in [2.75, 3.05) is 6.54 Å². The van der Waals surface area contributed by atoms with Gasteiger partial charge in [0.15, 0.2) is 0 Å². The third-order valence-corrected chi connectivity index (χ3v) is 3.89. The number of rotatable bonds is 1. The normalized spacial score (nSPS) is 19.9. The highest BCUT2D eigenvalue weighted by molar-refractivity contribution is 6.29. The summed E-state index contributed by atoms with van der Waals surface area (Å²) in [5, 5.41) is 3.39. The lowest BCUT2D eigenvalue weighted by atomic mass is 10.1. The molecular formula is C15H11ClN4O.